The highest BCUT2D eigenvalue weighted by atomic mass is 32.2. The van der Waals surface area contributed by atoms with Gasteiger partial charge in [0.2, 0.25) is 76.8 Å². The number of aliphatic hydroxyl groups is 1. The first-order valence-electron chi connectivity index (χ1n) is 40.3. The molecule has 1 aliphatic rings. The second-order valence-corrected chi connectivity index (χ2v) is 31.5. The van der Waals surface area contributed by atoms with Crippen LogP contribution in [0.3, 0.4) is 0 Å². The summed E-state index contributed by atoms with van der Waals surface area (Å²) in [4.78, 5) is 199. The van der Waals surface area contributed by atoms with Gasteiger partial charge in [0.05, 0.1) is 11.9 Å². The molecule has 0 saturated carbocycles. The Bertz CT molecular complexity index is 5330. The molecule has 13 amide bonds. The highest BCUT2D eigenvalue weighted by Crippen LogP contribution is 2.24. The van der Waals surface area contributed by atoms with Crippen molar-refractivity contribution in [2.24, 2.45) is 11.5 Å². The summed E-state index contributed by atoms with van der Waals surface area (Å²) in [6, 6.07) is 25.3. The van der Waals surface area contributed by atoms with Crippen LogP contribution in [-0.2, 0) is 107 Å². The molecule has 36 nitrogen and oxygen atoms in total. The number of hydrogen-bond donors (Lipinski definition) is 23. The third-order valence-corrected chi connectivity index (χ3v) is 21.8. The summed E-state index contributed by atoms with van der Waals surface area (Å²) in [5, 5.41) is 96.4. The summed E-state index contributed by atoms with van der Waals surface area (Å²) in [5.74, 6) is -14.9. The summed E-state index contributed by atoms with van der Waals surface area (Å²) in [5.41, 5.74) is 15.7. The van der Waals surface area contributed by atoms with Crippen molar-refractivity contribution in [2.75, 3.05) is 18.1 Å². The quantitative estimate of drug-likeness (QED) is 0.0275. The molecule has 13 atom stereocenters. The number of carbonyl (C=O) groups is 13. The molecule has 3 heterocycles. The number of carbonyl (C=O) groups excluding carboxylic acids is 13. The molecular formula is C88H102N18O18S. The van der Waals surface area contributed by atoms with Crippen LogP contribution in [-0.4, -0.2) is 215 Å². The molecule has 1 aliphatic heterocycles. The van der Waals surface area contributed by atoms with Crippen LogP contribution >= 0.6 is 11.8 Å². The molecule has 7 aromatic carbocycles. The first-order chi connectivity index (χ1) is 59.8. The number of nitrogens with two attached hydrogens (primary N) is 2. The fourth-order valence-corrected chi connectivity index (χ4v) is 14.8. The Morgan fingerprint density at radius 2 is 0.720 bits per heavy atom. The van der Waals surface area contributed by atoms with E-state index >= 15 is 33.6 Å². The average Bonchev–Trinajstić information content (AvgIpc) is 1.70. The lowest BCUT2D eigenvalue weighted by molar-refractivity contribution is -0.137. The van der Waals surface area contributed by atoms with E-state index in [2.05, 4.69) is 79.1 Å². The van der Waals surface area contributed by atoms with Crippen LogP contribution in [0, 0.1) is 5.41 Å². The van der Waals surface area contributed by atoms with Crippen LogP contribution in [0.15, 0.2) is 188 Å². The molecule has 125 heavy (non-hydrogen) atoms. The third-order valence-electron chi connectivity index (χ3n) is 20.8. The molecule has 9 aromatic rings. The summed E-state index contributed by atoms with van der Waals surface area (Å²) < 4.78 is 0. The maximum Gasteiger partial charge on any atom is 0.245 e. The molecule has 25 N–H and O–H groups in total. The molecule has 2 aromatic heterocycles. The monoisotopic (exact) mass is 1730 g/mol. The lowest BCUT2D eigenvalue weighted by atomic mass is 10.00. The first-order valence-corrected chi connectivity index (χ1v) is 41.5. The van der Waals surface area contributed by atoms with E-state index in [9.17, 15) is 54.3 Å². The number of para-hydroxylation sites is 2. The lowest BCUT2D eigenvalue weighted by Crippen LogP contribution is -2.62. The number of amides is 13. The molecule has 1 saturated heterocycles. The fraction of sp³-hybridized carbons (Fsp3) is 0.318. The Morgan fingerprint density at radius 1 is 0.400 bits per heavy atom. The summed E-state index contributed by atoms with van der Waals surface area (Å²) in [7, 11) is 0. The van der Waals surface area contributed by atoms with E-state index in [1.807, 2.05) is 0 Å². The number of phenolic OH excluding ortho intramolecular Hbond substituents is 4. The molecule has 658 valence electrons. The topological polar surface area (TPSA) is 587 Å². The van der Waals surface area contributed by atoms with Gasteiger partial charge in [0.1, 0.15) is 95.5 Å². The number of fused-ring (bicyclic) bond motifs is 2. The summed E-state index contributed by atoms with van der Waals surface area (Å²) >= 11 is 0.797. The Balaban J connectivity index is 1.02. The second kappa shape index (κ2) is 44.3. The van der Waals surface area contributed by atoms with E-state index in [1.54, 1.807) is 91.3 Å². The molecule has 10 rings (SSSR count). The van der Waals surface area contributed by atoms with Crippen LogP contribution in [0.1, 0.15) is 72.6 Å². The van der Waals surface area contributed by atoms with Gasteiger partial charge in [0.25, 0.3) is 0 Å². The van der Waals surface area contributed by atoms with Crippen LogP contribution in [0.5, 0.6) is 23.0 Å². The third kappa shape index (κ3) is 27.5. The SMILES string of the molecule is C[C@@H]1NC(=O)[C@H](Cc2ccccc2)NC(=O)[C@H](Cc2ccc(O)cc2)NC(=O)[C@H](Cc2ccc(O)cc2)NC(=O)[C@H](CCCNC(=N)N)NC(=O)[C@@H](Cc2ccc(O)cc2)NC(=O)CSC[C@@H](C(N)=O)NC(=O)[C@H](C)NC(=O)[C@H](Cc2c[nH]c3ccccc23)NC(=O)[C@H](Cc2c[nH]c3ccccc23)NC(=O)[C@H]([C@@H](C)O)NC(=O)[C@H](Cc2ccc(O)cc2)NC1=O. The number of phenols is 4. The van der Waals surface area contributed by atoms with E-state index in [-0.39, 0.29) is 93.1 Å². The van der Waals surface area contributed by atoms with Crippen LogP contribution in [0.4, 0.5) is 0 Å². The molecule has 0 unspecified atom stereocenters. The number of hydrogen-bond acceptors (Lipinski definition) is 20. The summed E-state index contributed by atoms with van der Waals surface area (Å²) in [6.07, 6.45) is -0.859. The van der Waals surface area contributed by atoms with Crippen molar-refractivity contribution in [3.8, 4) is 23.0 Å². The number of nitrogens with one attached hydrogen (secondary N) is 16. The number of benzene rings is 7. The number of aliphatic hydroxyl groups excluding tert-OH is 1. The minimum atomic E-state index is -1.92. The van der Waals surface area contributed by atoms with Crippen LogP contribution < -0.4 is 80.6 Å². The summed E-state index contributed by atoms with van der Waals surface area (Å²) in [6.45, 7) is 3.71. The maximum absolute atomic E-state index is 15.3. The second-order valence-electron chi connectivity index (χ2n) is 30.5. The van der Waals surface area contributed by atoms with Crippen molar-refractivity contribution >= 4 is 116 Å². The van der Waals surface area contributed by atoms with Crippen molar-refractivity contribution in [1.82, 2.24) is 79.1 Å². The zero-order valence-electron chi connectivity index (χ0n) is 68.5. The van der Waals surface area contributed by atoms with Crippen LogP contribution in [0.25, 0.3) is 21.8 Å². The highest BCUT2D eigenvalue weighted by Gasteiger charge is 2.39. The zero-order chi connectivity index (χ0) is 90.0. The van der Waals surface area contributed by atoms with Gasteiger partial charge in [-0.1, -0.05) is 115 Å². The molecule has 1 fully saturated rings. The van der Waals surface area contributed by atoms with E-state index in [0.29, 0.717) is 60.8 Å². The minimum absolute atomic E-state index is 0.0164. The molecule has 0 aliphatic carbocycles. The van der Waals surface area contributed by atoms with Gasteiger partial charge < -0.3 is 116 Å². The Hall–Kier alpha value is -14.5. The molecule has 37 heteroatoms. The fourth-order valence-electron chi connectivity index (χ4n) is 14.0. The number of rotatable bonds is 20. The van der Waals surface area contributed by atoms with E-state index in [1.165, 1.54) is 118 Å². The van der Waals surface area contributed by atoms with Gasteiger partial charge >= 0.3 is 0 Å². The maximum atomic E-state index is 15.3. The number of aromatic amines is 2. The minimum Gasteiger partial charge on any atom is -0.508 e. The van der Waals surface area contributed by atoms with E-state index < -0.39 is 167 Å². The number of aromatic hydroxyl groups is 4. The van der Waals surface area contributed by atoms with Gasteiger partial charge in [0.15, 0.2) is 5.96 Å². The zero-order valence-corrected chi connectivity index (χ0v) is 69.3. The van der Waals surface area contributed by atoms with Gasteiger partial charge in [-0.25, -0.2) is 0 Å². The van der Waals surface area contributed by atoms with E-state index in [0.717, 1.165) is 11.8 Å². The smallest absolute Gasteiger partial charge is 0.245 e. The Morgan fingerprint density at radius 3 is 1.11 bits per heavy atom. The Labute approximate surface area is 722 Å². The number of thioether (sulfide) groups is 1. The molecule has 0 bridgehead atoms. The number of primary amides is 1. The number of guanidine groups is 1. The van der Waals surface area contributed by atoms with Gasteiger partial charge in [-0.05, 0) is 133 Å². The number of aromatic nitrogens is 2. The van der Waals surface area contributed by atoms with Crippen molar-refractivity contribution < 1.29 is 87.9 Å². The van der Waals surface area contributed by atoms with Gasteiger partial charge in [-0.15, -0.1) is 11.8 Å². The van der Waals surface area contributed by atoms with Crippen molar-refractivity contribution in [3.05, 3.63) is 227 Å². The van der Waals surface area contributed by atoms with Crippen LogP contribution in [0.2, 0.25) is 0 Å². The first kappa shape index (κ1) is 92.8. The van der Waals surface area contributed by atoms with Crippen molar-refractivity contribution in [3.63, 3.8) is 0 Å². The van der Waals surface area contributed by atoms with Gasteiger partial charge in [0, 0.05) is 91.4 Å². The largest absolute Gasteiger partial charge is 0.508 e. The Kier molecular flexibility index (Phi) is 32.9. The molecule has 0 spiro atoms. The normalized spacial score (nSPS) is 22.4. The van der Waals surface area contributed by atoms with Crippen molar-refractivity contribution in [1.29, 1.82) is 5.41 Å². The van der Waals surface area contributed by atoms with Gasteiger partial charge in [-0.3, -0.25) is 67.7 Å². The molecule has 0 radical (unpaired) electrons. The van der Waals surface area contributed by atoms with Crippen molar-refractivity contribution in [2.45, 2.75) is 157 Å². The van der Waals surface area contributed by atoms with E-state index in [4.69, 9.17) is 16.9 Å². The average molecular weight is 1730 g/mol. The van der Waals surface area contributed by atoms with Gasteiger partial charge in [-0.2, -0.15) is 0 Å². The predicted molar refractivity (Wildman–Crippen MR) is 463 cm³/mol. The molecular weight excluding hydrogens is 1630 g/mol. The standard InChI is InChI=1S/C88H102N18O18S/c1-47-77(114)99-70(40-54-25-33-60(111)34-26-54)86(123)106-75(49(3)107)87(124)104-72(42-56-44-94-64-17-10-8-15-62(56)64)85(122)103-71(41-55-43-93-63-16-9-7-14-61(55)63)81(118)96-48(2)78(115)105-73(76(89)113)45-125-46-74(112)97-66(37-51-19-27-57(108)28-20-51)82(119)98-65(18-11-35-92-88(90)91)79(116)100-68(38-52-21-29-58(109)30-22-52)83(120)102-69(39-53-23-31-59(110)32-24-53)84(121)101-67(80(117)95-47)36-50-12-5-4-6-13-50/h4-10,12-17,19-34,43-44,47-49,65-73,75,93-94,107-111H,11,18,35-42,45-46H2,1-3H3,(H2,89,113)(H,95,117)(H,96,118)(H,97,112)(H,98,119)(H,99,114)(H,100,116)(H,101,121)(H,102,120)(H,103,122)(H,104,124)(H,105,115)(H,106,123)(H4,90,91,92)/t47-,48-,49+,65-,66+,67-,68-,69-,70-,71-,72-,73-,75-/m0/s1. The highest BCUT2D eigenvalue weighted by molar-refractivity contribution is 8.00. The predicted octanol–water partition coefficient (Wildman–Crippen LogP) is 0.204. The lowest BCUT2D eigenvalue weighted by Gasteiger charge is -2.29. The number of H-pyrrole nitrogens is 2.